The van der Waals surface area contributed by atoms with Crippen molar-refractivity contribution in [3.05, 3.63) is 77.6 Å². The van der Waals surface area contributed by atoms with E-state index in [1.807, 2.05) is 12.4 Å². The van der Waals surface area contributed by atoms with Gasteiger partial charge in [-0.15, -0.1) is 0 Å². The first-order valence-electron chi connectivity index (χ1n) is 11.7. The van der Waals surface area contributed by atoms with E-state index < -0.39 is 17.7 Å². The Morgan fingerprint density at radius 3 is 2.00 bits per heavy atom. The van der Waals surface area contributed by atoms with Crippen molar-refractivity contribution in [1.29, 1.82) is 0 Å². The molecule has 0 saturated heterocycles. The molecule has 0 aliphatic heterocycles. The summed E-state index contributed by atoms with van der Waals surface area (Å²) >= 11 is 0. The molecule has 0 bridgehead atoms. The third kappa shape index (κ3) is 7.68. The second-order valence-electron chi connectivity index (χ2n) is 8.28. The Balaban J connectivity index is 1.49. The molecule has 1 heterocycles. The third-order valence-corrected chi connectivity index (χ3v) is 5.55. The topological polar surface area (TPSA) is 52.1 Å². The van der Waals surface area contributed by atoms with Gasteiger partial charge in [0.15, 0.2) is 5.82 Å². The van der Waals surface area contributed by atoms with E-state index >= 15 is 0 Å². The van der Waals surface area contributed by atoms with Gasteiger partial charge < -0.3 is 4.74 Å². The van der Waals surface area contributed by atoms with Gasteiger partial charge in [0.2, 0.25) is 0 Å². The Morgan fingerprint density at radius 2 is 1.41 bits per heavy atom. The number of carbonyl (C=O) groups is 1. The van der Waals surface area contributed by atoms with E-state index in [-0.39, 0.29) is 11.3 Å². The molecule has 180 valence electrons. The fraction of sp³-hybridized carbons (Fsp3) is 0.370. The van der Waals surface area contributed by atoms with Crippen molar-refractivity contribution in [2.45, 2.75) is 64.5 Å². The summed E-state index contributed by atoms with van der Waals surface area (Å²) in [6, 6.07) is 10.6. The fourth-order valence-corrected chi connectivity index (χ4v) is 3.55. The number of hydrogen-bond acceptors (Lipinski definition) is 4. The van der Waals surface area contributed by atoms with E-state index in [1.54, 1.807) is 24.3 Å². The van der Waals surface area contributed by atoms with Crippen molar-refractivity contribution in [3.63, 3.8) is 0 Å². The Bertz CT molecular complexity index is 1030. The largest absolute Gasteiger partial charge is 0.423 e. The number of ether oxygens (including phenoxy) is 1. The van der Waals surface area contributed by atoms with Crippen LogP contribution in [0.2, 0.25) is 0 Å². The van der Waals surface area contributed by atoms with Gasteiger partial charge in [0.1, 0.15) is 5.75 Å². The number of nitrogens with zero attached hydrogens (tertiary/aromatic N) is 2. The van der Waals surface area contributed by atoms with Crippen LogP contribution < -0.4 is 4.74 Å². The van der Waals surface area contributed by atoms with Crippen LogP contribution in [0.1, 0.15) is 73.4 Å². The van der Waals surface area contributed by atoms with E-state index in [0.29, 0.717) is 5.82 Å². The molecule has 0 amide bonds. The van der Waals surface area contributed by atoms with Crippen LogP contribution in [0.3, 0.4) is 0 Å². The number of aryl methyl sites for hydroxylation is 1. The number of hydrogen-bond donors (Lipinski definition) is 0. The lowest BCUT2D eigenvalue weighted by molar-refractivity contribution is -0.137. The van der Waals surface area contributed by atoms with E-state index in [0.717, 1.165) is 48.2 Å². The zero-order chi connectivity index (χ0) is 24.4. The van der Waals surface area contributed by atoms with Crippen LogP contribution in [-0.2, 0) is 12.6 Å². The van der Waals surface area contributed by atoms with E-state index in [4.69, 9.17) is 4.74 Å². The zero-order valence-corrected chi connectivity index (χ0v) is 19.3. The van der Waals surface area contributed by atoms with Crippen molar-refractivity contribution < 1.29 is 22.7 Å². The highest BCUT2D eigenvalue weighted by Crippen LogP contribution is 2.29. The first kappa shape index (κ1) is 25.4. The molecule has 0 saturated carbocycles. The molecule has 4 nitrogen and oxygen atoms in total. The smallest absolute Gasteiger partial charge is 0.416 e. The standard InChI is InChI=1S/C27H29F3N2O2/c1-2-3-4-5-6-7-8-9-20-18-31-25(32-19-20)21-12-16-24(17-13-21)34-26(33)22-10-14-23(15-11-22)27(28,29)30/h10-19H,2-9H2,1H3. The molecule has 7 heteroatoms. The molecule has 3 rings (SSSR count). The van der Waals surface area contributed by atoms with Crippen molar-refractivity contribution in [1.82, 2.24) is 9.97 Å². The molecule has 3 aromatic rings. The number of aromatic nitrogens is 2. The maximum absolute atomic E-state index is 12.7. The van der Waals surface area contributed by atoms with Gasteiger partial charge in [-0.3, -0.25) is 0 Å². The minimum absolute atomic E-state index is 0.0389. The molecule has 0 radical (unpaired) electrons. The summed E-state index contributed by atoms with van der Waals surface area (Å²) in [5.74, 6) is 0.126. The first-order chi connectivity index (χ1) is 16.4. The normalized spacial score (nSPS) is 11.4. The van der Waals surface area contributed by atoms with Gasteiger partial charge in [-0.1, -0.05) is 45.4 Å². The quantitative estimate of drug-likeness (QED) is 0.164. The van der Waals surface area contributed by atoms with Gasteiger partial charge in [0, 0.05) is 18.0 Å². The Labute approximate surface area is 198 Å². The molecule has 0 unspecified atom stereocenters. The van der Waals surface area contributed by atoms with Crippen molar-refractivity contribution in [2.75, 3.05) is 0 Å². The van der Waals surface area contributed by atoms with Gasteiger partial charge in [-0.2, -0.15) is 13.2 Å². The van der Waals surface area contributed by atoms with Gasteiger partial charge in [-0.25, -0.2) is 14.8 Å². The molecule has 0 spiro atoms. The summed E-state index contributed by atoms with van der Waals surface area (Å²) in [5, 5.41) is 0. The molecule has 34 heavy (non-hydrogen) atoms. The van der Waals surface area contributed by atoms with Crippen LogP contribution in [0.15, 0.2) is 60.9 Å². The molecule has 0 aliphatic carbocycles. The molecule has 0 aliphatic rings. The second kappa shape index (κ2) is 12.3. The zero-order valence-electron chi connectivity index (χ0n) is 19.3. The van der Waals surface area contributed by atoms with Crippen LogP contribution >= 0.6 is 0 Å². The number of rotatable bonds is 11. The van der Waals surface area contributed by atoms with E-state index in [1.165, 1.54) is 38.5 Å². The summed E-state index contributed by atoms with van der Waals surface area (Å²) in [4.78, 5) is 21.1. The SMILES string of the molecule is CCCCCCCCCc1cnc(-c2ccc(OC(=O)c3ccc(C(F)(F)F)cc3)cc2)nc1. The van der Waals surface area contributed by atoms with E-state index in [9.17, 15) is 18.0 Å². The summed E-state index contributed by atoms with van der Waals surface area (Å²) in [6.45, 7) is 2.22. The minimum atomic E-state index is -4.45. The number of esters is 1. The van der Waals surface area contributed by atoms with Gasteiger partial charge in [0.25, 0.3) is 0 Å². The average Bonchev–Trinajstić information content (AvgIpc) is 2.84. The molecule has 0 N–H and O–H groups in total. The van der Waals surface area contributed by atoms with Crippen LogP contribution in [-0.4, -0.2) is 15.9 Å². The Morgan fingerprint density at radius 1 is 0.824 bits per heavy atom. The molecule has 2 aromatic carbocycles. The molecular weight excluding hydrogens is 441 g/mol. The Kier molecular flexibility index (Phi) is 9.19. The second-order valence-corrected chi connectivity index (χ2v) is 8.28. The van der Waals surface area contributed by atoms with E-state index in [2.05, 4.69) is 16.9 Å². The third-order valence-electron chi connectivity index (χ3n) is 5.55. The number of alkyl halides is 3. The number of halogens is 3. The highest BCUT2D eigenvalue weighted by molar-refractivity contribution is 5.91. The number of unbranched alkanes of at least 4 members (excludes halogenated alkanes) is 6. The van der Waals surface area contributed by atoms with Crippen LogP contribution in [0.5, 0.6) is 5.75 Å². The lowest BCUT2D eigenvalue weighted by atomic mass is 10.1. The summed E-state index contributed by atoms with van der Waals surface area (Å²) in [6.07, 6.45) is 9.04. The van der Waals surface area contributed by atoms with Gasteiger partial charge in [0.05, 0.1) is 11.1 Å². The van der Waals surface area contributed by atoms with Crippen LogP contribution in [0, 0.1) is 0 Å². The lowest BCUT2D eigenvalue weighted by Gasteiger charge is -2.08. The highest BCUT2D eigenvalue weighted by atomic mass is 19.4. The average molecular weight is 471 g/mol. The van der Waals surface area contributed by atoms with Crippen molar-refractivity contribution in [2.24, 2.45) is 0 Å². The monoisotopic (exact) mass is 470 g/mol. The maximum Gasteiger partial charge on any atom is 0.416 e. The Hall–Kier alpha value is -3.22. The van der Waals surface area contributed by atoms with Gasteiger partial charge >= 0.3 is 12.1 Å². The predicted octanol–water partition coefficient (Wildman–Crippen LogP) is 7.67. The lowest BCUT2D eigenvalue weighted by Crippen LogP contribution is -2.10. The fourth-order valence-electron chi connectivity index (χ4n) is 3.55. The highest BCUT2D eigenvalue weighted by Gasteiger charge is 2.30. The summed E-state index contributed by atoms with van der Waals surface area (Å²) in [5.41, 5.74) is 1.11. The first-order valence-corrected chi connectivity index (χ1v) is 11.7. The summed E-state index contributed by atoms with van der Waals surface area (Å²) < 4.78 is 43.2. The molecule has 0 atom stereocenters. The van der Waals surface area contributed by atoms with Gasteiger partial charge in [-0.05, 0) is 66.9 Å². The minimum Gasteiger partial charge on any atom is -0.423 e. The predicted molar refractivity (Wildman–Crippen MR) is 126 cm³/mol. The summed E-state index contributed by atoms with van der Waals surface area (Å²) in [7, 11) is 0. The number of benzene rings is 2. The number of carbonyl (C=O) groups excluding carboxylic acids is 1. The van der Waals surface area contributed by atoms with Crippen molar-refractivity contribution in [3.8, 4) is 17.1 Å². The molecule has 0 fully saturated rings. The molecule has 1 aromatic heterocycles. The van der Waals surface area contributed by atoms with Crippen LogP contribution in [0.25, 0.3) is 11.4 Å². The maximum atomic E-state index is 12.7. The van der Waals surface area contributed by atoms with Crippen LogP contribution in [0.4, 0.5) is 13.2 Å². The molecular formula is C27H29F3N2O2. The van der Waals surface area contributed by atoms with Crippen molar-refractivity contribution >= 4 is 5.97 Å².